The topological polar surface area (TPSA) is 45.5 Å². The van der Waals surface area contributed by atoms with Crippen LogP contribution in [0, 0.1) is 5.82 Å². The third kappa shape index (κ3) is 3.71. The molecule has 1 aromatic heterocycles. The summed E-state index contributed by atoms with van der Waals surface area (Å²) in [5.41, 5.74) is 0.270. The van der Waals surface area contributed by atoms with E-state index in [4.69, 9.17) is 4.42 Å². The lowest BCUT2D eigenvalue weighted by molar-refractivity contribution is 0.0937. The highest BCUT2D eigenvalue weighted by Crippen LogP contribution is 2.21. The first kappa shape index (κ1) is 15.7. The summed E-state index contributed by atoms with van der Waals surface area (Å²) >= 11 is 3.09. The van der Waals surface area contributed by atoms with Crippen molar-refractivity contribution in [3.05, 3.63) is 58.2 Å². The maximum absolute atomic E-state index is 13.4. The van der Waals surface area contributed by atoms with Gasteiger partial charge in [0.2, 0.25) is 0 Å². The second-order valence-electron chi connectivity index (χ2n) is 4.81. The van der Waals surface area contributed by atoms with Crippen molar-refractivity contribution in [1.29, 1.82) is 0 Å². The number of rotatable bonds is 5. The first-order valence-corrected chi connectivity index (χ1v) is 7.22. The summed E-state index contributed by atoms with van der Waals surface area (Å²) in [5.74, 6) is -0.0313. The average Bonchev–Trinajstić information content (AvgIpc) is 2.95. The van der Waals surface area contributed by atoms with E-state index >= 15 is 0 Å². The van der Waals surface area contributed by atoms with Gasteiger partial charge < -0.3 is 9.73 Å². The summed E-state index contributed by atoms with van der Waals surface area (Å²) in [4.78, 5) is 14.1. The Hall–Kier alpha value is -1.66. The summed E-state index contributed by atoms with van der Waals surface area (Å²) in [6.45, 7) is 0.363. The minimum absolute atomic E-state index is 0.0868. The van der Waals surface area contributed by atoms with Crippen molar-refractivity contribution >= 4 is 21.8 Å². The van der Waals surface area contributed by atoms with Gasteiger partial charge in [-0.15, -0.1) is 0 Å². The van der Waals surface area contributed by atoms with Crippen molar-refractivity contribution in [2.24, 2.45) is 0 Å². The summed E-state index contributed by atoms with van der Waals surface area (Å²) < 4.78 is 19.0. The molecule has 0 aliphatic rings. The first-order chi connectivity index (χ1) is 10.0. The van der Waals surface area contributed by atoms with Crippen LogP contribution in [0.5, 0.6) is 0 Å². The molecule has 0 fully saturated rings. The van der Waals surface area contributed by atoms with Gasteiger partial charge in [0.15, 0.2) is 0 Å². The average molecular weight is 355 g/mol. The number of nitrogens with zero attached hydrogens (tertiary/aromatic N) is 1. The van der Waals surface area contributed by atoms with Gasteiger partial charge in [-0.3, -0.25) is 9.69 Å². The highest BCUT2D eigenvalue weighted by Gasteiger charge is 2.19. The fraction of sp³-hybridized carbons (Fsp3) is 0.267. The number of carbonyl (C=O) groups excluding carboxylic acids is 1. The van der Waals surface area contributed by atoms with Crippen LogP contribution in [0.15, 0.2) is 45.5 Å². The fourth-order valence-corrected chi connectivity index (χ4v) is 2.43. The Morgan fingerprint density at radius 1 is 1.38 bits per heavy atom. The predicted octanol–water partition coefficient (Wildman–Crippen LogP) is 3.21. The summed E-state index contributed by atoms with van der Waals surface area (Å²) in [6.07, 6.45) is 1.59. The molecule has 0 saturated heterocycles. The third-order valence-electron chi connectivity index (χ3n) is 3.15. The Balaban J connectivity index is 2.07. The lowest BCUT2D eigenvalue weighted by Gasteiger charge is -2.22. The van der Waals surface area contributed by atoms with Crippen LogP contribution in [0.2, 0.25) is 0 Å². The first-order valence-electron chi connectivity index (χ1n) is 6.42. The maximum atomic E-state index is 13.4. The Bertz CT molecular complexity index is 614. The number of nitrogens with one attached hydrogen (secondary N) is 1. The molecule has 21 heavy (non-hydrogen) atoms. The molecule has 4 nitrogen and oxygen atoms in total. The molecule has 1 amide bonds. The van der Waals surface area contributed by atoms with E-state index in [2.05, 4.69) is 21.2 Å². The Kier molecular flexibility index (Phi) is 5.14. The van der Waals surface area contributed by atoms with Gasteiger partial charge in [0.25, 0.3) is 5.91 Å². The molecule has 1 aromatic carbocycles. The van der Waals surface area contributed by atoms with E-state index in [1.807, 2.05) is 25.1 Å². The quantitative estimate of drug-likeness (QED) is 0.896. The van der Waals surface area contributed by atoms with Crippen LogP contribution >= 0.6 is 15.9 Å². The van der Waals surface area contributed by atoms with Gasteiger partial charge in [-0.05, 0) is 54.3 Å². The molecular formula is C15H16BrFN2O2. The number of benzene rings is 1. The monoisotopic (exact) mass is 354 g/mol. The van der Waals surface area contributed by atoms with E-state index in [0.717, 1.165) is 5.76 Å². The van der Waals surface area contributed by atoms with Gasteiger partial charge >= 0.3 is 0 Å². The van der Waals surface area contributed by atoms with Gasteiger partial charge in [0.1, 0.15) is 11.6 Å². The second kappa shape index (κ2) is 6.87. The minimum atomic E-state index is -0.460. The van der Waals surface area contributed by atoms with Crippen molar-refractivity contribution in [2.45, 2.75) is 6.04 Å². The molecule has 6 heteroatoms. The summed E-state index contributed by atoms with van der Waals surface area (Å²) in [7, 11) is 3.80. The number of hydrogen-bond acceptors (Lipinski definition) is 3. The molecule has 2 rings (SSSR count). The van der Waals surface area contributed by atoms with Crippen molar-refractivity contribution in [2.75, 3.05) is 20.6 Å². The smallest absolute Gasteiger partial charge is 0.252 e. The zero-order chi connectivity index (χ0) is 15.4. The van der Waals surface area contributed by atoms with E-state index in [9.17, 15) is 9.18 Å². The number of carbonyl (C=O) groups is 1. The number of likely N-dealkylation sites (N-methyl/N-ethyl adjacent to an activating group) is 1. The third-order valence-corrected chi connectivity index (χ3v) is 3.95. The van der Waals surface area contributed by atoms with Gasteiger partial charge in [-0.2, -0.15) is 0 Å². The molecule has 0 aliphatic carbocycles. The summed E-state index contributed by atoms with van der Waals surface area (Å²) in [6, 6.07) is 7.94. The number of halogens is 2. The van der Waals surface area contributed by atoms with Crippen molar-refractivity contribution in [3.8, 4) is 0 Å². The van der Waals surface area contributed by atoms with Gasteiger partial charge in [-0.25, -0.2) is 4.39 Å². The number of hydrogen-bond donors (Lipinski definition) is 1. The molecule has 1 atom stereocenters. The fourth-order valence-electron chi connectivity index (χ4n) is 1.98. The maximum Gasteiger partial charge on any atom is 0.252 e. The number of amides is 1. The highest BCUT2D eigenvalue weighted by atomic mass is 79.9. The molecule has 0 saturated carbocycles. The van der Waals surface area contributed by atoms with E-state index in [0.29, 0.717) is 6.54 Å². The van der Waals surface area contributed by atoms with Crippen LogP contribution in [-0.4, -0.2) is 31.4 Å². The van der Waals surface area contributed by atoms with Gasteiger partial charge in [-0.1, -0.05) is 6.07 Å². The van der Waals surface area contributed by atoms with Crippen LogP contribution in [-0.2, 0) is 0 Å². The Morgan fingerprint density at radius 3 is 2.76 bits per heavy atom. The molecule has 0 radical (unpaired) electrons. The standard InChI is InChI=1S/C15H16BrFN2O2/c1-19(2)12(13-7-4-8-21-13)9-18-15(20)10-5-3-6-11(17)14(10)16/h3-8,12H,9H2,1-2H3,(H,18,20). The van der Waals surface area contributed by atoms with E-state index in [1.54, 1.807) is 18.4 Å². The molecular weight excluding hydrogens is 339 g/mol. The lowest BCUT2D eigenvalue weighted by atomic mass is 10.1. The van der Waals surface area contributed by atoms with Crippen molar-refractivity contribution in [1.82, 2.24) is 10.2 Å². The molecule has 0 bridgehead atoms. The zero-order valence-electron chi connectivity index (χ0n) is 11.8. The van der Waals surface area contributed by atoms with Crippen molar-refractivity contribution in [3.63, 3.8) is 0 Å². The zero-order valence-corrected chi connectivity index (χ0v) is 13.4. The molecule has 2 aromatic rings. The van der Waals surface area contributed by atoms with Crippen LogP contribution in [0.1, 0.15) is 22.2 Å². The minimum Gasteiger partial charge on any atom is -0.468 e. The van der Waals surface area contributed by atoms with E-state index in [1.165, 1.54) is 12.1 Å². The van der Waals surface area contributed by atoms with Crippen LogP contribution < -0.4 is 5.32 Å². The largest absolute Gasteiger partial charge is 0.468 e. The van der Waals surface area contributed by atoms with Crippen LogP contribution in [0.3, 0.4) is 0 Å². The summed E-state index contributed by atoms with van der Waals surface area (Å²) in [5, 5.41) is 2.80. The van der Waals surface area contributed by atoms with Crippen molar-refractivity contribution < 1.29 is 13.6 Å². The van der Waals surface area contributed by atoms with E-state index in [-0.39, 0.29) is 22.0 Å². The van der Waals surface area contributed by atoms with Gasteiger partial charge in [0, 0.05) is 6.54 Å². The highest BCUT2D eigenvalue weighted by molar-refractivity contribution is 9.10. The Morgan fingerprint density at radius 2 is 2.14 bits per heavy atom. The second-order valence-corrected chi connectivity index (χ2v) is 5.60. The lowest BCUT2D eigenvalue weighted by Crippen LogP contribution is -2.34. The normalized spacial score (nSPS) is 12.4. The Labute approximate surface area is 131 Å². The SMILES string of the molecule is CN(C)C(CNC(=O)c1cccc(F)c1Br)c1ccco1. The molecule has 1 heterocycles. The molecule has 0 spiro atoms. The molecule has 0 aliphatic heterocycles. The molecule has 112 valence electrons. The number of furan rings is 1. The molecule has 1 N–H and O–H groups in total. The molecule has 1 unspecified atom stereocenters. The van der Waals surface area contributed by atoms with Gasteiger partial charge in [0.05, 0.1) is 22.3 Å². The predicted molar refractivity (Wildman–Crippen MR) is 81.6 cm³/mol. The van der Waals surface area contributed by atoms with Crippen LogP contribution in [0.25, 0.3) is 0 Å². The van der Waals surface area contributed by atoms with E-state index < -0.39 is 5.82 Å². The van der Waals surface area contributed by atoms with Crippen LogP contribution in [0.4, 0.5) is 4.39 Å².